The maximum absolute atomic E-state index is 8.52. The van der Waals surface area contributed by atoms with Gasteiger partial charge in [0.15, 0.2) is 5.75 Å². The predicted molar refractivity (Wildman–Crippen MR) is 87.0 cm³/mol. The summed E-state index contributed by atoms with van der Waals surface area (Å²) in [4.78, 5) is 0. The maximum atomic E-state index is 8.52. The molecule has 0 atom stereocenters. The summed E-state index contributed by atoms with van der Waals surface area (Å²) in [5.41, 5.74) is 1.71. The second kappa shape index (κ2) is 7.11. The van der Waals surface area contributed by atoms with Crippen LogP contribution in [0, 0.1) is 0 Å². The molecule has 104 valence electrons. The molecule has 0 aliphatic rings. The smallest absolute Gasteiger partial charge is 0.152 e. The van der Waals surface area contributed by atoms with Crippen LogP contribution in [0.1, 0.15) is 11.1 Å². The molecule has 0 unspecified atom stereocenters. The van der Waals surface area contributed by atoms with Gasteiger partial charge in [-0.3, -0.25) is 0 Å². The van der Waals surface area contributed by atoms with Gasteiger partial charge in [-0.05, 0) is 51.3 Å². The van der Waals surface area contributed by atoms with Crippen molar-refractivity contribution in [2.24, 2.45) is 5.16 Å². The standard InChI is InChI=1S/C14H10Br2ClNO2/c15-11-3-1-2-9(4-11)8-20-14-12(16)5-10(7-18-19)6-13(14)17/h1-7,19H,8H2/b18-7+. The lowest BCUT2D eigenvalue weighted by Crippen LogP contribution is -1.97. The van der Waals surface area contributed by atoms with Crippen LogP contribution in [-0.2, 0) is 6.61 Å². The number of halogens is 3. The van der Waals surface area contributed by atoms with E-state index in [1.54, 1.807) is 12.1 Å². The summed E-state index contributed by atoms with van der Waals surface area (Å²) in [6.45, 7) is 0.408. The van der Waals surface area contributed by atoms with E-state index in [2.05, 4.69) is 37.0 Å². The summed E-state index contributed by atoms with van der Waals surface area (Å²) >= 11 is 13.0. The Labute approximate surface area is 138 Å². The molecule has 2 aromatic rings. The first kappa shape index (κ1) is 15.4. The third-order valence-corrected chi connectivity index (χ3v) is 3.86. The van der Waals surface area contributed by atoms with Crippen molar-refractivity contribution in [3.63, 3.8) is 0 Å². The zero-order chi connectivity index (χ0) is 14.5. The van der Waals surface area contributed by atoms with E-state index in [1.807, 2.05) is 24.3 Å². The monoisotopic (exact) mass is 417 g/mol. The molecule has 0 aliphatic heterocycles. The van der Waals surface area contributed by atoms with Crippen LogP contribution in [0.2, 0.25) is 5.02 Å². The van der Waals surface area contributed by atoms with Crippen molar-refractivity contribution >= 4 is 49.7 Å². The summed E-state index contributed by atoms with van der Waals surface area (Å²) in [6.07, 6.45) is 1.30. The second-order valence-corrected chi connectivity index (χ2v) is 6.15. The lowest BCUT2D eigenvalue weighted by atomic mass is 10.2. The second-order valence-electron chi connectivity index (χ2n) is 3.98. The van der Waals surface area contributed by atoms with Gasteiger partial charge in [0.05, 0.1) is 15.7 Å². The Bertz CT molecular complexity index is 624. The molecule has 0 spiro atoms. The highest BCUT2D eigenvalue weighted by atomic mass is 79.9. The van der Waals surface area contributed by atoms with Crippen LogP contribution in [0.5, 0.6) is 5.75 Å². The van der Waals surface area contributed by atoms with E-state index in [9.17, 15) is 0 Å². The number of ether oxygens (including phenoxy) is 1. The van der Waals surface area contributed by atoms with Crippen molar-refractivity contribution in [3.05, 3.63) is 61.5 Å². The van der Waals surface area contributed by atoms with Gasteiger partial charge < -0.3 is 9.94 Å². The van der Waals surface area contributed by atoms with Crippen LogP contribution >= 0.6 is 43.5 Å². The first-order valence-electron chi connectivity index (χ1n) is 5.64. The lowest BCUT2D eigenvalue weighted by molar-refractivity contribution is 0.304. The van der Waals surface area contributed by atoms with E-state index in [1.165, 1.54) is 6.21 Å². The van der Waals surface area contributed by atoms with Crippen LogP contribution in [0.25, 0.3) is 0 Å². The fraction of sp³-hybridized carbons (Fsp3) is 0.0714. The number of oxime groups is 1. The van der Waals surface area contributed by atoms with E-state index in [0.717, 1.165) is 10.0 Å². The summed E-state index contributed by atoms with van der Waals surface area (Å²) in [6, 6.07) is 11.3. The van der Waals surface area contributed by atoms with Crippen molar-refractivity contribution in [1.29, 1.82) is 0 Å². The normalized spacial score (nSPS) is 10.9. The van der Waals surface area contributed by atoms with Gasteiger partial charge in [-0.2, -0.15) is 0 Å². The molecule has 0 aliphatic carbocycles. The van der Waals surface area contributed by atoms with Gasteiger partial charge >= 0.3 is 0 Å². The van der Waals surface area contributed by atoms with E-state index >= 15 is 0 Å². The molecule has 6 heteroatoms. The minimum absolute atomic E-state index is 0.408. The lowest BCUT2D eigenvalue weighted by Gasteiger charge is -2.11. The fourth-order valence-corrected chi connectivity index (χ4v) is 3.08. The molecule has 0 radical (unpaired) electrons. The van der Waals surface area contributed by atoms with E-state index in [-0.39, 0.29) is 0 Å². The molecule has 0 heterocycles. The largest absolute Gasteiger partial charge is 0.486 e. The quantitative estimate of drug-likeness (QED) is 0.418. The third-order valence-electron chi connectivity index (χ3n) is 2.50. The highest BCUT2D eigenvalue weighted by Gasteiger charge is 2.09. The van der Waals surface area contributed by atoms with E-state index in [4.69, 9.17) is 21.5 Å². The first-order chi connectivity index (χ1) is 9.60. The molecule has 0 amide bonds. The Morgan fingerprint density at radius 3 is 2.70 bits per heavy atom. The topological polar surface area (TPSA) is 41.8 Å². The molecule has 1 N–H and O–H groups in total. The highest BCUT2D eigenvalue weighted by Crippen LogP contribution is 2.34. The number of hydrogen-bond acceptors (Lipinski definition) is 3. The zero-order valence-corrected chi connectivity index (χ0v) is 14.1. The molecule has 0 aromatic heterocycles. The minimum Gasteiger partial charge on any atom is -0.486 e. The summed E-state index contributed by atoms with van der Waals surface area (Å²) in [5, 5.41) is 11.9. The van der Waals surface area contributed by atoms with Crippen molar-refractivity contribution < 1.29 is 9.94 Å². The minimum atomic E-state index is 0.408. The van der Waals surface area contributed by atoms with E-state index < -0.39 is 0 Å². The Morgan fingerprint density at radius 1 is 1.25 bits per heavy atom. The molecule has 0 bridgehead atoms. The van der Waals surface area contributed by atoms with Crippen molar-refractivity contribution in [3.8, 4) is 5.75 Å². The molecule has 0 fully saturated rings. The highest BCUT2D eigenvalue weighted by molar-refractivity contribution is 9.10. The Balaban J connectivity index is 2.17. The molecule has 2 aromatic carbocycles. The summed E-state index contributed by atoms with van der Waals surface area (Å²) < 4.78 is 7.44. The Hall–Kier alpha value is -1.04. The number of rotatable bonds is 4. The van der Waals surface area contributed by atoms with Crippen LogP contribution in [0.15, 0.2) is 50.5 Å². The average Bonchev–Trinajstić information content (AvgIpc) is 2.38. The molecular weight excluding hydrogens is 409 g/mol. The molecule has 2 rings (SSSR count). The van der Waals surface area contributed by atoms with Gasteiger partial charge in [0, 0.05) is 4.47 Å². The predicted octanol–water partition coefficient (Wildman–Crippen LogP) is 5.25. The molecular formula is C14H10Br2ClNO2. The van der Waals surface area contributed by atoms with Gasteiger partial charge in [-0.1, -0.05) is 44.8 Å². The average molecular weight is 420 g/mol. The van der Waals surface area contributed by atoms with Gasteiger partial charge in [0.25, 0.3) is 0 Å². The van der Waals surface area contributed by atoms with Gasteiger partial charge in [0.1, 0.15) is 6.61 Å². The van der Waals surface area contributed by atoms with Crippen molar-refractivity contribution in [1.82, 2.24) is 0 Å². The van der Waals surface area contributed by atoms with Crippen LogP contribution in [0.3, 0.4) is 0 Å². The van der Waals surface area contributed by atoms with Gasteiger partial charge in [-0.15, -0.1) is 0 Å². The molecule has 0 saturated heterocycles. The summed E-state index contributed by atoms with van der Waals surface area (Å²) in [5.74, 6) is 0.557. The third kappa shape index (κ3) is 3.98. The Kier molecular flexibility index (Phi) is 5.46. The number of benzene rings is 2. The summed E-state index contributed by atoms with van der Waals surface area (Å²) in [7, 11) is 0. The van der Waals surface area contributed by atoms with Crippen LogP contribution < -0.4 is 4.74 Å². The van der Waals surface area contributed by atoms with Gasteiger partial charge in [0.2, 0.25) is 0 Å². The molecule has 20 heavy (non-hydrogen) atoms. The van der Waals surface area contributed by atoms with Crippen molar-refractivity contribution in [2.45, 2.75) is 6.61 Å². The van der Waals surface area contributed by atoms with Crippen molar-refractivity contribution in [2.75, 3.05) is 0 Å². The maximum Gasteiger partial charge on any atom is 0.152 e. The Morgan fingerprint density at radius 2 is 2.05 bits per heavy atom. The fourth-order valence-electron chi connectivity index (χ4n) is 1.64. The number of hydrogen-bond donors (Lipinski definition) is 1. The zero-order valence-electron chi connectivity index (χ0n) is 10.2. The van der Waals surface area contributed by atoms with Crippen LogP contribution in [0.4, 0.5) is 0 Å². The number of nitrogens with zero attached hydrogens (tertiary/aromatic N) is 1. The first-order valence-corrected chi connectivity index (χ1v) is 7.60. The van der Waals surface area contributed by atoms with E-state index in [0.29, 0.717) is 27.4 Å². The SMILES string of the molecule is O/N=C/c1cc(Cl)c(OCc2cccc(Br)c2)c(Br)c1. The van der Waals surface area contributed by atoms with Gasteiger partial charge in [-0.25, -0.2) is 0 Å². The molecule has 3 nitrogen and oxygen atoms in total. The van der Waals surface area contributed by atoms with Crippen LogP contribution in [-0.4, -0.2) is 11.4 Å². The molecule has 0 saturated carbocycles.